The fourth-order valence-corrected chi connectivity index (χ4v) is 3.53. The van der Waals surface area contributed by atoms with Crippen LogP contribution >= 0.6 is 0 Å². The average molecular weight is 310 g/mol. The van der Waals surface area contributed by atoms with Gasteiger partial charge in [0.1, 0.15) is 5.60 Å². The Morgan fingerprint density at radius 3 is 2.36 bits per heavy atom. The predicted molar refractivity (Wildman–Crippen MR) is 90.0 cm³/mol. The molecule has 128 valence electrons. The fraction of sp³-hybridized carbons (Fsp3) is 0.944. The number of likely N-dealkylation sites (tertiary alicyclic amines) is 1. The third kappa shape index (κ3) is 5.79. The van der Waals surface area contributed by atoms with Crippen LogP contribution in [0.5, 0.6) is 0 Å². The predicted octanol–water partition coefficient (Wildman–Crippen LogP) is 3.94. The molecule has 0 spiro atoms. The second-order valence-electron chi connectivity index (χ2n) is 8.24. The van der Waals surface area contributed by atoms with Crippen LogP contribution in [0, 0.1) is 5.92 Å². The van der Waals surface area contributed by atoms with Gasteiger partial charge in [-0.3, -0.25) is 0 Å². The standard InChI is InChI=1S/C18H34N2O2/c1-14-8-10-15(11-9-14)19-16-7-5-6-12-20(13-16)17(21)22-18(2,3)4/h14-16,19H,5-13H2,1-4H3. The Morgan fingerprint density at radius 1 is 1.05 bits per heavy atom. The highest BCUT2D eigenvalue weighted by Crippen LogP contribution is 2.25. The minimum absolute atomic E-state index is 0.154. The van der Waals surface area contributed by atoms with Gasteiger partial charge in [-0.1, -0.05) is 13.3 Å². The molecule has 22 heavy (non-hydrogen) atoms. The highest BCUT2D eigenvalue weighted by molar-refractivity contribution is 5.68. The van der Waals surface area contributed by atoms with Crippen LogP contribution in [-0.4, -0.2) is 41.8 Å². The first kappa shape index (κ1) is 17.6. The van der Waals surface area contributed by atoms with E-state index in [9.17, 15) is 4.79 Å². The van der Waals surface area contributed by atoms with Crippen molar-refractivity contribution in [3.63, 3.8) is 0 Å². The third-order valence-corrected chi connectivity index (χ3v) is 4.81. The van der Waals surface area contributed by atoms with Gasteiger partial charge in [-0.05, 0) is 65.2 Å². The Bertz CT molecular complexity index is 357. The number of nitrogens with one attached hydrogen (secondary N) is 1. The number of carbonyl (C=O) groups is 1. The van der Waals surface area contributed by atoms with Crippen molar-refractivity contribution in [2.75, 3.05) is 13.1 Å². The molecule has 1 aliphatic heterocycles. The van der Waals surface area contributed by atoms with Gasteiger partial charge in [0.05, 0.1) is 0 Å². The summed E-state index contributed by atoms with van der Waals surface area (Å²) in [6.45, 7) is 9.77. The first-order valence-corrected chi connectivity index (χ1v) is 9.07. The highest BCUT2D eigenvalue weighted by atomic mass is 16.6. The van der Waals surface area contributed by atoms with Gasteiger partial charge in [0, 0.05) is 25.2 Å². The molecule has 4 nitrogen and oxygen atoms in total. The van der Waals surface area contributed by atoms with Gasteiger partial charge in [-0.25, -0.2) is 4.79 Å². The fourth-order valence-electron chi connectivity index (χ4n) is 3.53. The smallest absolute Gasteiger partial charge is 0.410 e. The summed E-state index contributed by atoms with van der Waals surface area (Å²) in [5.41, 5.74) is -0.411. The molecular weight excluding hydrogens is 276 g/mol. The van der Waals surface area contributed by atoms with Crippen LogP contribution < -0.4 is 5.32 Å². The van der Waals surface area contributed by atoms with E-state index in [4.69, 9.17) is 4.74 Å². The van der Waals surface area contributed by atoms with Gasteiger partial charge < -0.3 is 15.0 Å². The van der Waals surface area contributed by atoms with Gasteiger partial charge in [0.15, 0.2) is 0 Å². The molecule has 1 aliphatic carbocycles. The molecule has 1 amide bonds. The van der Waals surface area contributed by atoms with Crippen molar-refractivity contribution in [1.82, 2.24) is 10.2 Å². The van der Waals surface area contributed by atoms with Crippen molar-refractivity contribution in [3.05, 3.63) is 0 Å². The lowest BCUT2D eigenvalue weighted by molar-refractivity contribution is 0.0240. The molecule has 0 aromatic heterocycles. The summed E-state index contributed by atoms with van der Waals surface area (Å²) in [5.74, 6) is 0.880. The SMILES string of the molecule is CC1CCC(NC2CCCCN(C(=O)OC(C)(C)C)C2)CC1. The number of nitrogens with zero attached hydrogens (tertiary/aromatic N) is 1. The second kappa shape index (κ2) is 7.67. The number of hydrogen-bond donors (Lipinski definition) is 1. The molecular formula is C18H34N2O2. The zero-order chi connectivity index (χ0) is 16.2. The van der Waals surface area contributed by atoms with Crippen LogP contribution in [-0.2, 0) is 4.74 Å². The number of rotatable bonds is 2. The summed E-state index contributed by atoms with van der Waals surface area (Å²) in [6, 6.07) is 1.06. The molecule has 2 rings (SSSR count). The van der Waals surface area contributed by atoms with Gasteiger partial charge >= 0.3 is 6.09 Å². The van der Waals surface area contributed by atoms with Gasteiger partial charge in [-0.2, -0.15) is 0 Å². The Kier molecular flexibility index (Phi) is 6.13. The van der Waals surface area contributed by atoms with Crippen LogP contribution in [0.2, 0.25) is 0 Å². The van der Waals surface area contributed by atoms with Crippen LogP contribution in [0.1, 0.15) is 72.6 Å². The van der Waals surface area contributed by atoms with E-state index in [0.29, 0.717) is 12.1 Å². The molecule has 1 N–H and O–H groups in total. The third-order valence-electron chi connectivity index (χ3n) is 4.81. The lowest BCUT2D eigenvalue weighted by atomic mass is 9.87. The molecule has 1 saturated carbocycles. The molecule has 1 saturated heterocycles. The van der Waals surface area contributed by atoms with Crippen molar-refractivity contribution in [1.29, 1.82) is 0 Å². The van der Waals surface area contributed by atoms with E-state index < -0.39 is 5.60 Å². The molecule has 1 heterocycles. The topological polar surface area (TPSA) is 41.6 Å². The van der Waals surface area contributed by atoms with Gasteiger partial charge in [0.25, 0.3) is 0 Å². The number of ether oxygens (including phenoxy) is 1. The zero-order valence-corrected chi connectivity index (χ0v) is 14.9. The van der Waals surface area contributed by atoms with Crippen LogP contribution in [0.3, 0.4) is 0 Å². The molecule has 2 fully saturated rings. The van der Waals surface area contributed by atoms with E-state index in [1.54, 1.807) is 0 Å². The van der Waals surface area contributed by atoms with Gasteiger partial charge in [0.2, 0.25) is 0 Å². The zero-order valence-electron chi connectivity index (χ0n) is 14.9. The monoisotopic (exact) mass is 310 g/mol. The van der Waals surface area contributed by atoms with E-state index in [1.807, 2.05) is 25.7 Å². The first-order valence-electron chi connectivity index (χ1n) is 9.07. The number of amides is 1. The molecule has 0 radical (unpaired) electrons. The van der Waals surface area contributed by atoms with Crippen LogP contribution in [0.15, 0.2) is 0 Å². The minimum atomic E-state index is -0.411. The minimum Gasteiger partial charge on any atom is -0.444 e. The lowest BCUT2D eigenvalue weighted by Crippen LogP contribution is -2.48. The normalized spacial score (nSPS) is 30.7. The Balaban J connectivity index is 1.85. The summed E-state index contributed by atoms with van der Waals surface area (Å²) in [6.07, 6.45) is 8.53. The molecule has 0 bridgehead atoms. The van der Waals surface area contributed by atoms with E-state index in [1.165, 1.54) is 38.5 Å². The molecule has 2 aliphatic rings. The second-order valence-corrected chi connectivity index (χ2v) is 8.24. The van der Waals surface area contributed by atoms with Crippen molar-refractivity contribution in [2.24, 2.45) is 5.92 Å². The maximum atomic E-state index is 12.3. The van der Waals surface area contributed by atoms with Crippen molar-refractivity contribution >= 4 is 6.09 Å². The summed E-state index contributed by atoms with van der Waals surface area (Å²) in [5, 5.41) is 3.82. The van der Waals surface area contributed by atoms with Gasteiger partial charge in [-0.15, -0.1) is 0 Å². The van der Waals surface area contributed by atoms with Crippen LogP contribution in [0.25, 0.3) is 0 Å². The molecule has 1 atom stereocenters. The summed E-state index contributed by atoms with van der Waals surface area (Å²) < 4.78 is 5.54. The summed E-state index contributed by atoms with van der Waals surface area (Å²) >= 11 is 0. The largest absolute Gasteiger partial charge is 0.444 e. The van der Waals surface area contributed by atoms with E-state index in [0.717, 1.165) is 25.4 Å². The maximum Gasteiger partial charge on any atom is 0.410 e. The van der Waals surface area contributed by atoms with Crippen LogP contribution in [0.4, 0.5) is 4.79 Å². The van der Waals surface area contributed by atoms with Crippen molar-refractivity contribution < 1.29 is 9.53 Å². The quantitative estimate of drug-likeness (QED) is 0.840. The maximum absolute atomic E-state index is 12.3. The molecule has 1 unspecified atom stereocenters. The summed E-state index contributed by atoms with van der Waals surface area (Å²) in [4.78, 5) is 14.2. The highest BCUT2D eigenvalue weighted by Gasteiger charge is 2.28. The molecule has 0 aromatic carbocycles. The van der Waals surface area contributed by atoms with E-state index in [-0.39, 0.29) is 6.09 Å². The van der Waals surface area contributed by atoms with Crippen molar-refractivity contribution in [3.8, 4) is 0 Å². The lowest BCUT2D eigenvalue weighted by Gasteiger charge is -2.33. The average Bonchev–Trinajstić information content (AvgIpc) is 2.65. The first-order chi connectivity index (χ1) is 10.3. The molecule has 4 heteroatoms. The Morgan fingerprint density at radius 2 is 1.73 bits per heavy atom. The summed E-state index contributed by atoms with van der Waals surface area (Å²) in [7, 11) is 0. The van der Waals surface area contributed by atoms with E-state index >= 15 is 0 Å². The van der Waals surface area contributed by atoms with E-state index in [2.05, 4.69) is 12.2 Å². The molecule has 0 aromatic rings. The number of carbonyl (C=O) groups excluding carboxylic acids is 1. The Labute approximate surface area is 136 Å². The van der Waals surface area contributed by atoms with Crippen molar-refractivity contribution in [2.45, 2.75) is 90.3 Å². The number of hydrogen-bond acceptors (Lipinski definition) is 3. The Hall–Kier alpha value is -0.770.